The van der Waals surface area contributed by atoms with Gasteiger partial charge in [-0.1, -0.05) is 12.1 Å². The van der Waals surface area contributed by atoms with Gasteiger partial charge >= 0.3 is 12.1 Å². The number of hydrogen-bond acceptors (Lipinski definition) is 4. The third kappa shape index (κ3) is 5.19. The summed E-state index contributed by atoms with van der Waals surface area (Å²) in [7, 11) is 1.17. The maximum Gasteiger partial charge on any atom is 0.417 e. The number of hydrogen-bond donors (Lipinski definition) is 1. The van der Waals surface area contributed by atoms with Crippen LogP contribution < -0.4 is 5.32 Å². The van der Waals surface area contributed by atoms with Gasteiger partial charge in [-0.15, -0.1) is 0 Å². The number of halogens is 3. The van der Waals surface area contributed by atoms with Crippen molar-refractivity contribution < 1.29 is 32.3 Å². The maximum atomic E-state index is 12.8. The Morgan fingerprint density at radius 2 is 1.77 bits per heavy atom. The number of methoxy groups -OCH3 is 1. The molecule has 0 bridgehead atoms. The van der Waals surface area contributed by atoms with E-state index in [4.69, 9.17) is 0 Å². The van der Waals surface area contributed by atoms with E-state index in [9.17, 15) is 27.6 Å². The third-order valence-corrected chi connectivity index (χ3v) is 2.76. The SMILES string of the molecule is COC(=O)CCC(=O)CNC(=O)c1ccccc1C(F)(F)F. The fourth-order valence-corrected chi connectivity index (χ4v) is 1.63. The highest BCUT2D eigenvalue weighted by Gasteiger charge is 2.34. The van der Waals surface area contributed by atoms with Crippen LogP contribution in [-0.4, -0.2) is 31.3 Å². The second kappa shape index (κ2) is 7.58. The molecule has 1 aromatic rings. The number of amides is 1. The average Bonchev–Trinajstić information content (AvgIpc) is 2.49. The van der Waals surface area contributed by atoms with Crippen LogP contribution >= 0.6 is 0 Å². The maximum absolute atomic E-state index is 12.8. The average molecular weight is 317 g/mol. The van der Waals surface area contributed by atoms with Crippen molar-refractivity contribution in [2.24, 2.45) is 0 Å². The Bertz CT molecular complexity index is 569. The molecule has 1 aromatic carbocycles. The van der Waals surface area contributed by atoms with Crippen LogP contribution in [0, 0.1) is 0 Å². The van der Waals surface area contributed by atoms with Crippen LogP contribution in [0.3, 0.4) is 0 Å². The number of ether oxygens (including phenoxy) is 1. The minimum absolute atomic E-state index is 0.148. The Morgan fingerprint density at radius 1 is 1.14 bits per heavy atom. The van der Waals surface area contributed by atoms with Gasteiger partial charge in [-0.05, 0) is 12.1 Å². The lowest BCUT2D eigenvalue weighted by molar-refractivity contribution is -0.142. The first-order chi connectivity index (χ1) is 10.3. The van der Waals surface area contributed by atoms with Crippen molar-refractivity contribution in [3.63, 3.8) is 0 Å². The lowest BCUT2D eigenvalue weighted by Crippen LogP contribution is -2.31. The second-order valence-electron chi connectivity index (χ2n) is 4.34. The van der Waals surface area contributed by atoms with Crippen LogP contribution in [0.2, 0.25) is 0 Å². The van der Waals surface area contributed by atoms with Gasteiger partial charge in [0.05, 0.1) is 31.2 Å². The monoisotopic (exact) mass is 317 g/mol. The second-order valence-corrected chi connectivity index (χ2v) is 4.34. The molecule has 0 heterocycles. The molecule has 0 unspecified atom stereocenters. The van der Waals surface area contributed by atoms with Gasteiger partial charge in [0.2, 0.25) is 0 Å². The molecule has 0 aliphatic rings. The van der Waals surface area contributed by atoms with Crippen LogP contribution in [0.15, 0.2) is 24.3 Å². The highest BCUT2D eigenvalue weighted by Crippen LogP contribution is 2.31. The Labute approximate surface area is 124 Å². The van der Waals surface area contributed by atoms with Crippen molar-refractivity contribution >= 4 is 17.7 Å². The van der Waals surface area contributed by atoms with Gasteiger partial charge in [0, 0.05) is 6.42 Å². The first kappa shape index (κ1) is 17.7. The fraction of sp³-hybridized carbons (Fsp3) is 0.357. The lowest BCUT2D eigenvalue weighted by Gasteiger charge is -2.12. The predicted octanol–water partition coefficient (Wildman–Crippen LogP) is 1.96. The first-order valence-corrected chi connectivity index (χ1v) is 6.28. The largest absolute Gasteiger partial charge is 0.469 e. The number of carbonyl (C=O) groups excluding carboxylic acids is 3. The Hall–Kier alpha value is -2.38. The van der Waals surface area contributed by atoms with Crippen molar-refractivity contribution in [3.8, 4) is 0 Å². The molecule has 0 spiro atoms. The number of nitrogens with one attached hydrogen (secondary N) is 1. The Kier molecular flexibility index (Phi) is 6.09. The molecule has 120 valence electrons. The molecule has 0 radical (unpaired) electrons. The summed E-state index contributed by atoms with van der Waals surface area (Å²) in [5, 5.41) is 2.11. The fourth-order valence-electron chi connectivity index (χ4n) is 1.63. The van der Waals surface area contributed by atoms with E-state index in [1.807, 2.05) is 0 Å². The molecule has 0 saturated carbocycles. The highest BCUT2D eigenvalue weighted by atomic mass is 19.4. The van der Waals surface area contributed by atoms with Gasteiger partial charge in [0.1, 0.15) is 0 Å². The van der Waals surface area contributed by atoms with E-state index in [2.05, 4.69) is 10.1 Å². The smallest absolute Gasteiger partial charge is 0.417 e. The quantitative estimate of drug-likeness (QED) is 0.814. The van der Waals surface area contributed by atoms with Crippen LogP contribution in [0.25, 0.3) is 0 Å². The summed E-state index contributed by atoms with van der Waals surface area (Å²) in [4.78, 5) is 34.0. The molecule has 5 nitrogen and oxygen atoms in total. The summed E-state index contributed by atoms with van der Waals surface area (Å²) in [6.45, 7) is -0.456. The molecular weight excluding hydrogens is 303 g/mol. The molecule has 0 aromatic heterocycles. The molecule has 22 heavy (non-hydrogen) atoms. The van der Waals surface area contributed by atoms with Gasteiger partial charge in [-0.3, -0.25) is 14.4 Å². The zero-order valence-corrected chi connectivity index (χ0v) is 11.7. The third-order valence-electron chi connectivity index (χ3n) is 2.76. The number of alkyl halides is 3. The van der Waals surface area contributed by atoms with Crippen LogP contribution in [-0.2, 0) is 20.5 Å². The minimum Gasteiger partial charge on any atom is -0.469 e. The molecule has 0 aliphatic carbocycles. The summed E-state index contributed by atoms with van der Waals surface area (Å²) in [5.41, 5.74) is -1.63. The molecule has 8 heteroatoms. The van der Waals surface area contributed by atoms with Gasteiger partial charge < -0.3 is 10.1 Å². The molecule has 1 amide bonds. The van der Waals surface area contributed by atoms with Crippen LogP contribution in [0.4, 0.5) is 13.2 Å². The number of esters is 1. The predicted molar refractivity (Wildman–Crippen MR) is 70.0 cm³/mol. The van der Waals surface area contributed by atoms with E-state index in [-0.39, 0.29) is 12.8 Å². The van der Waals surface area contributed by atoms with E-state index < -0.39 is 41.5 Å². The van der Waals surface area contributed by atoms with Crippen molar-refractivity contribution in [1.29, 1.82) is 0 Å². The van der Waals surface area contributed by atoms with Crippen molar-refractivity contribution in [2.75, 3.05) is 13.7 Å². The highest BCUT2D eigenvalue weighted by molar-refractivity contribution is 5.98. The summed E-state index contributed by atoms with van der Waals surface area (Å²) in [6.07, 6.45) is -4.97. The van der Waals surface area contributed by atoms with Crippen molar-refractivity contribution in [2.45, 2.75) is 19.0 Å². The van der Waals surface area contributed by atoms with Crippen molar-refractivity contribution in [1.82, 2.24) is 5.32 Å². The van der Waals surface area contributed by atoms with E-state index in [0.717, 1.165) is 12.1 Å². The van der Waals surface area contributed by atoms with Gasteiger partial charge in [0.25, 0.3) is 5.91 Å². The van der Waals surface area contributed by atoms with Gasteiger partial charge in [-0.25, -0.2) is 0 Å². The molecule has 0 saturated heterocycles. The Balaban J connectivity index is 2.64. The standard InChI is InChI=1S/C14H14F3NO4/c1-22-12(20)7-6-9(19)8-18-13(21)10-4-2-3-5-11(10)14(15,16)17/h2-5H,6-8H2,1H3,(H,18,21). The summed E-state index contributed by atoms with van der Waals surface area (Å²) in [6, 6.07) is 4.27. The number of benzene rings is 1. The molecular formula is C14H14F3NO4. The number of carbonyl (C=O) groups is 3. The van der Waals surface area contributed by atoms with E-state index in [1.165, 1.54) is 19.2 Å². The lowest BCUT2D eigenvalue weighted by atomic mass is 10.1. The molecule has 0 atom stereocenters. The number of Topliss-reactive ketones (excluding diaryl/α,β-unsaturated/α-hetero) is 1. The molecule has 0 fully saturated rings. The van der Waals surface area contributed by atoms with Gasteiger partial charge in [0.15, 0.2) is 5.78 Å². The minimum atomic E-state index is -4.66. The van der Waals surface area contributed by atoms with Gasteiger partial charge in [-0.2, -0.15) is 13.2 Å². The molecule has 0 aliphatic heterocycles. The normalized spacial score (nSPS) is 10.9. The zero-order chi connectivity index (χ0) is 16.8. The summed E-state index contributed by atoms with van der Waals surface area (Å²) >= 11 is 0. The van der Waals surface area contributed by atoms with E-state index in [0.29, 0.717) is 0 Å². The zero-order valence-electron chi connectivity index (χ0n) is 11.7. The van der Waals surface area contributed by atoms with Crippen LogP contribution in [0.1, 0.15) is 28.8 Å². The molecule has 1 rings (SSSR count). The topological polar surface area (TPSA) is 72.5 Å². The van der Waals surface area contributed by atoms with E-state index >= 15 is 0 Å². The van der Waals surface area contributed by atoms with E-state index in [1.54, 1.807) is 0 Å². The number of ketones is 1. The number of rotatable bonds is 6. The summed E-state index contributed by atoms with van der Waals surface area (Å²) < 4.78 is 42.6. The molecule has 1 N–H and O–H groups in total. The van der Waals surface area contributed by atoms with Crippen LogP contribution in [0.5, 0.6) is 0 Å². The Morgan fingerprint density at radius 3 is 2.36 bits per heavy atom. The summed E-state index contributed by atoms with van der Waals surface area (Å²) in [5.74, 6) is -2.07. The van der Waals surface area contributed by atoms with Crippen molar-refractivity contribution in [3.05, 3.63) is 35.4 Å². The first-order valence-electron chi connectivity index (χ1n) is 6.28.